The number of hydrogen-bond acceptors (Lipinski definition) is 5. The van der Waals surface area contributed by atoms with Crippen LogP contribution in [0.4, 0.5) is 0 Å². The Labute approximate surface area is 118 Å². The van der Waals surface area contributed by atoms with E-state index in [1.165, 1.54) is 17.4 Å². The molecule has 0 saturated heterocycles. The fourth-order valence-corrected chi connectivity index (χ4v) is 3.18. The van der Waals surface area contributed by atoms with Crippen LogP contribution < -0.4 is 5.73 Å². The molecule has 7 heteroatoms. The van der Waals surface area contributed by atoms with Crippen LogP contribution >= 0.6 is 0 Å². The number of sulfonamides is 1. The lowest BCUT2D eigenvalue weighted by Crippen LogP contribution is -2.27. The Hall–Kier alpha value is -1.70. The van der Waals surface area contributed by atoms with Crippen LogP contribution in [0.5, 0.6) is 0 Å². The molecule has 0 atom stereocenters. The van der Waals surface area contributed by atoms with E-state index in [0.29, 0.717) is 17.2 Å². The van der Waals surface area contributed by atoms with E-state index in [9.17, 15) is 8.42 Å². The molecule has 0 aromatic carbocycles. The van der Waals surface area contributed by atoms with E-state index in [1.807, 2.05) is 6.07 Å². The molecule has 0 saturated carbocycles. The minimum absolute atomic E-state index is 0.149. The van der Waals surface area contributed by atoms with Gasteiger partial charge in [0.05, 0.1) is 18.8 Å². The first-order valence-electron chi connectivity index (χ1n) is 6.10. The third kappa shape index (κ3) is 2.90. The third-order valence-corrected chi connectivity index (χ3v) is 4.83. The van der Waals surface area contributed by atoms with Gasteiger partial charge in [-0.3, -0.25) is 4.98 Å². The average Bonchev–Trinajstić information content (AvgIpc) is 2.82. The van der Waals surface area contributed by atoms with Gasteiger partial charge in [0.15, 0.2) is 0 Å². The van der Waals surface area contributed by atoms with Crippen LogP contribution in [0.3, 0.4) is 0 Å². The van der Waals surface area contributed by atoms with Crippen molar-refractivity contribution in [2.75, 3.05) is 7.05 Å². The second-order valence-corrected chi connectivity index (χ2v) is 6.43. The predicted octanol–water partition coefficient (Wildman–Crippen LogP) is 1.26. The number of aryl methyl sites for hydroxylation is 1. The van der Waals surface area contributed by atoms with Crippen LogP contribution in [0.2, 0.25) is 0 Å². The van der Waals surface area contributed by atoms with E-state index in [1.54, 1.807) is 25.3 Å². The van der Waals surface area contributed by atoms with E-state index in [4.69, 9.17) is 10.2 Å². The van der Waals surface area contributed by atoms with Crippen molar-refractivity contribution in [1.29, 1.82) is 0 Å². The summed E-state index contributed by atoms with van der Waals surface area (Å²) < 4.78 is 31.5. The summed E-state index contributed by atoms with van der Waals surface area (Å²) in [6.45, 7) is 1.98. The minimum Gasteiger partial charge on any atom is -0.464 e. The maximum Gasteiger partial charge on any atom is 0.246 e. The minimum atomic E-state index is -3.61. The monoisotopic (exact) mass is 295 g/mol. The molecule has 2 N–H and O–H groups in total. The molecule has 2 heterocycles. The summed E-state index contributed by atoms with van der Waals surface area (Å²) in [5.74, 6) is 0.797. The van der Waals surface area contributed by atoms with E-state index in [-0.39, 0.29) is 18.0 Å². The van der Waals surface area contributed by atoms with Gasteiger partial charge in [-0.25, -0.2) is 8.42 Å². The Bertz CT molecular complexity index is 680. The van der Waals surface area contributed by atoms with Crippen molar-refractivity contribution in [3.8, 4) is 0 Å². The van der Waals surface area contributed by atoms with Crippen LogP contribution in [0.15, 0.2) is 39.8 Å². The summed E-state index contributed by atoms with van der Waals surface area (Å²) in [6, 6.07) is 6.85. The Balaban J connectivity index is 2.27. The van der Waals surface area contributed by atoms with Crippen molar-refractivity contribution >= 4 is 10.0 Å². The van der Waals surface area contributed by atoms with Gasteiger partial charge in [-0.05, 0) is 19.1 Å². The van der Waals surface area contributed by atoms with E-state index >= 15 is 0 Å². The molecule has 0 fully saturated rings. The fourth-order valence-electron chi connectivity index (χ4n) is 1.85. The smallest absolute Gasteiger partial charge is 0.246 e. The largest absolute Gasteiger partial charge is 0.464 e. The number of nitrogens with zero attached hydrogens (tertiary/aromatic N) is 2. The summed E-state index contributed by atoms with van der Waals surface area (Å²) in [5.41, 5.74) is 6.14. The summed E-state index contributed by atoms with van der Waals surface area (Å²) in [6.07, 6.45) is 1.63. The maximum atomic E-state index is 12.5. The highest BCUT2D eigenvalue weighted by Crippen LogP contribution is 2.23. The molecule has 0 aliphatic carbocycles. The van der Waals surface area contributed by atoms with Gasteiger partial charge in [-0.1, -0.05) is 6.07 Å². The molecule has 0 amide bonds. The summed E-state index contributed by atoms with van der Waals surface area (Å²) >= 11 is 0. The standard InChI is InChI=1S/C13H17N3O3S/c1-10-13(7-12(8-14)19-10)20(17,18)16(2)9-11-5-3-4-6-15-11/h3-7H,8-9,14H2,1-2H3. The summed E-state index contributed by atoms with van der Waals surface area (Å²) in [4.78, 5) is 4.27. The molecule has 0 aliphatic heterocycles. The Morgan fingerprint density at radius 3 is 2.70 bits per heavy atom. The fraction of sp³-hybridized carbons (Fsp3) is 0.308. The van der Waals surface area contributed by atoms with Crippen molar-refractivity contribution in [3.05, 3.63) is 47.7 Å². The highest BCUT2D eigenvalue weighted by Gasteiger charge is 2.26. The first-order chi connectivity index (χ1) is 9.45. The highest BCUT2D eigenvalue weighted by atomic mass is 32.2. The van der Waals surface area contributed by atoms with E-state index in [0.717, 1.165) is 0 Å². The van der Waals surface area contributed by atoms with Gasteiger partial charge in [0, 0.05) is 19.3 Å². The Morgan fingerprint density at radius 2 is 2.15 bits per heavy atom. The average molecular weight is 295 g/mol. The predicted molar refractivity (Wildman–Crippen MR) is 74.2 cm³/mol. The molecular weight excluding hydrogens is 278 g/mol. The number of nitrogens with two attached hydrogens (primary N) is 1. The van der Waals surface area contributed by atoms with Gasteiger partial charge in [0.1, 0.15) is 16.4 Å². The van der Waals surface area contributed by atoms with Crippen molar-refractivity contribution in [2.24, 2.45) is 5.73 Å². The third-order valence-electron chi connectivity index (χ3n) is 2.92. The molecule has 20 heavy (non-hydrogen) atoms. The van der Waals surface area contributed by atoms with Crippen LogP contribution in [0, 0.1) is 6.92 Å². The molecule has 108 valence electrons. The van der Waals surface area contributed by atoms with Crippen molar-refractivity contribution in [2.45, 2.75) is 24.9 Å². The zero-order chi connectivity index (χ0) is 14.8. The lowest BCUT2D eigenvalue weighted by Gasteiger charge is -2.15. The van der Waals surface area contributed by atoms with Gasteiger partial charge in [-0.2, -0.15) is 4.31 Å². The number of aromatic nitrogens is 1. The second-order valence-electron chi connectivity index (χ2n) is 4.42. The van der Waals surface area contributed by atoms with Crippen LogP contribution in [0.1, 0.15) is 17.2 Å². The van der Waals surface area contributed by atoms with Gasteiger partial charge in [-0.15, -0.1) is 0 Å². The van der Waals surface area contributed by atoms with Crippen LogP contribution in [-0.2, 0) is 23.1 Å². The second kappa shape index (κ2) is 5.74. The molecule has 0 bridgehead atoms. The molecule has 0 unspecified atom stereocenters. The Morgan fingerprint density at radius 1 is 1.40 bits per heavy atom. The van der Waals surface area contributed by atoms with Gasteiger partial charge in [0.2, 0.25) is 10.0 Å². The topological polar surface area (TPSA) is 89.4 Å². The molecule has 0 spiro atoms. The lowest BCUT2D eigenvalue weighted by molar-refractivity contribution is 0.453. The molecule has 0 aliphatic rings. The zero-order valence-electron chi connectivity index (χ0n) is 11.4. The van der Waals surface area contributed by atoms with Crippen molar-refractivity contribution in [1.82, 2.24) is 9.29 Å². The summed E-state index contributed by atoms with van der Waals surface area (Å²) in [7, 11) is -2.10. The lowest BCUT2D eigenvalue weighted by atomic mass is 10.3. The number of pyridine rings is 1. The van der Waals surface area contributed by atoms with E-state index in [2.05, 4.69) is 4.98 Å². The molecule has 2 rings (SSSR count). The van der Waals surface area contributed by atoms with Crippen molar-refractivity contribution in [3.63, 3.8) is 0 Å². The molecule has 6 nitrogen and oxygen atoms in total. The molecule has 2 aromatic heterocycles. The number of furan rings is 1. The molecule has 2 aromatic rings. The SMILES string of the molecule is Cc1oc(CN)cc1S(=O)(=O)N(C)Cc1ccccn1. The molecular formula is C13H17N3O3S. The highest BCUT2D eigenvalue weighted by molar-refractivity contribution is 7.89. The van der Waals surface area contributed by atoms with E-state index < -0.39 is 10.0 Å². The van der Waals surface area contributed by atoms with Gasteiger partial charge >= 0.3 is 0 Å². The van der Waals surface area contributed by atoms with Crippen LogP contribution in [0.25, 0.3) is 0 Å². The summed E-state index contributed by atoms with van der Waals surface area (Å²) in [5, 5.41) is 0. The maximum absolute atomic E-state index is 12.5. The quantitative estimate of drug-likeness (QED) is 0.897. The van der Waals surface area contributed by atoms with Gasteiger partial charge in [0.25, 0.3) is 0 Å². The number of rotatable bonds is 5. The number of hydrogen-bond donors (Lipinski definition) is 1. The van der Waals surface area contributed by atoms with Crippen molar-refractivity contribution < 1.29 is 12.8 Å². The Kier molecular flexibility index (Phi) is 4.22. The van der Waals surface area contributed by atoms with Crippen LogP contribution in [-0.4, -0.2) is 24.8 Å². The first-order valence-corrected chi connectivity index (χ1v) is 7.54. The van der Waals surface area contributed by atoms with Gasteiger partial charge < -0.3 is 10.2 Å². The first kappa shape index (κ1) is 14.7. The molecule has 0 radical (unpaired) electrons. The normalized spacial score (nSPS) is 12.0. The zero-order valence-corrected chi connectivity index (χ0v) is 12.2.